The van der Waals surface area contributed by atoms with Crippen molar-refractivity contribution >= 4 is 47.4 Å². The fraction of sp³-hybridized carbons (Fsp3) is 0.226. The van der Waals surface area contributed by atoms with E-state index in [1.54, 1.807) is 66.9 Å². The molecule has 0 bridgehead atoms. The molecule has 1 aromatic heterocycles. The van der Waals surface area contributed by atoms with Crippen LogP contribution in [0.2, 0.25) is 5.02 Å². The second-order valence-corrected chi connectivity index (χ2v) is 10.2. The van der Waals surface area contributed by atoms with Gasteiger partial charge in [0, 0.05) is 17.4 Å². The van der Waals surface area contributed by atoms with E-state index in [0.29, 0.717) is 16.4 Å². The van der Waals surface area contributed by atoms with Crippen LogP contribution in [-0.4, -0.2) is 59.9 Å². The molecule has 0 aliphatic carbocycles. The second-order valence-electron chi connectivity index (χ2n) is 9.73. The predicted octanol–water partition coefficient (Wildman–Crippen LogP) is 5.01. The first-order chi connectivity index (χ1) is 21.4. The van der Waals surface area contributed by atoms with E-state index in [9.17, 15) is 32.3 Å². The third-order valence-electron chi connectivity index (χ3n) is 6.47. The van der Waals surface area contributed by atoms with E-state index in [1.165, 1.54) is 18.4 Å². The average Bonchev–Trinajstić information content (AvgIpc) is 3.48. The summed E-state index contributed by atoms with van der Waals surface area (Å²) >= 11 is 6.07. The molecule has 10 nitrogen and oxygen atoms in total. The Balaban J connectivity index is 1.46. The number of carbonyl (C=O) groups excluding carboxylic acids is 4. The van der Waals surface area contributed by atoms with Crippen molar-refractivity contribution in [2.75, 3.05) is 18.5 Å². The highest BCUT2D eigenvalue weighted by atomic mass is 35.5. The van der Waals surface area contributed by atoms with Gasteiger partial charge in [0.2, 0.25) is 5.91 Å². The van der Waals surface area contributed by atoms with E-state index in [2.05, 4.69) is 25.3 Å². The molecule has 0 radical (unpaired) electrons. The average molecular weight is 643 g/mol. The molecule has 45 heavy (non-hydrogen) atoms. The number of pyridine rings is 1. The van der Waals surface area contributed by atoms with Crippen molar-refractivity contribution < 1.29 is 41.8 Å². The molecule has 0 saturated carbocycles. The molecule has 1 amide bonds. The molecule has 1 aliphatic rings. The summed E-state index contributed by atoms with van der Waals surface area (Å²) in [7, 11) is 0. The molecule has 0 spiro atoms. The minimum absolute atomic E-state index is 0.0667. The Kier molecular flexibility index (Phi) is 10.7. The predicted molar refractivity (Wildman–Crippen MR) is 158 cm³/mol. The van der Waals surface area contributed by atoms with Gasteiger partial charge in [-0.2, -0.15) is 13.2 Å². The molecule has 0 saturated heterocycles. The minimum Gasteiger partial charge on any atom is -0.462 e. The van der Waals surface area contributed by atoms with Crippen molar-refractivity contribution in [1.82, 2.24) is 10.3 Å². The summed E-state index contributed by atoms with van der Waals surface area (Å²) in [6.45, 7) is 0.160. The Bertz CT molecular complexity index is 1580. The maximum absolute atomic E-state index is 13.2. The van der Waals surface area contributed by atoms with Gasteiger partial charge in [-0.05, 0) is 53.1 Å². The number of aliphatic imine (C=N–C) groups is 1. The Morgan fingerprint density at radius 3 is 2.40 bits per heavy atom. The highest BCUT2D eigenvalue weighted by Gasteiger charge is 2.43. The largest absolute Gasteiger partial charge is 0.491 e. The van der Waals surface area contributed by atoms with E-state index in [-0.39, 0.29) is 13.2 Å². The Labute approximate surface area is 260 Å². The van der Waals surface area contributed by atoms with Gasteiger partial charge in [-0.15, -0.1) is 0 Å². The van der Waals surface area contributed by atoms with Crippen LogP contribution < -0.4 is 10.6 Å². The van der Waals surface area contributed by atoms with Crippen molar-refractivity contribution in [2.24, 2.45) is 4.99 Å². The molecule has 2 atom stereocenters. The molecule has 0 fully saturated rings. The van der Waals surface area contributed by atoms with Gasteiger partial charge in [0.15, 0.2) is 5.54 Å². The molecular formula is C31H26ClF3N4O6. The van der Waals surface area contributed by atoms with Gasteiger partial charge in [0.25, 0.3) is 0 Å². The number of alkyl halides is 3. The minimum atomic E-state index is -5.39. The van der Waals surface area contributed by atoms with E-state index >= 15 is 0 Å². The molecule has 14 heteroatoms. The Hall–Kier alpha value is -5.04. The van der Waals surface area contributed by atoms with E-state index in [1.807, 2.05) is 6.07 Å². The van der Waals surface area contributed by atoms with Crippen molar-refractivity contribution in [3.8, 4) is 11.1 Å². The standard InChI is InChI=1S/C31H26ClF3N4O6/c32-23-6-3-5-22(17-23)20-8-10-21(11-9-20)24(18-27(41)45-29(43)31(33,34)35)39-26(40)19-30(12-4-14-38-30)28(42)44-16-15-37-25-7-1-2-13-36-25/h1-14,17,24H,15-16,18-19H2,(H,36,37)(H,39,40). The van der Waals surface area contributed by atoms with Crippen molar-refractivity contribution in [3.05, 3.63) is 95.7 Å². The van der Waals surface area contributed by atoms with Gasteiger partial charge >= 0.3 is 24.1 Å². The van der Waals surface area contributed by atoms with E-state index in [4.69, 9.17) is 16.3 Å². The van der Waals surface area contributed by atoms with Crippen LogP contribution in [0.5, 0.6) is 0 Å². The molecular weight excluding hydrogens is 617 g/mol. The quantitative estimate of drug-likeness (QED) is 0.160. The van der Waals surface area contributed by atoms with E-state index in [0.717, 1.165) is 11.1 Å². The SMILES string of the molecule is O=C(CC1(C(=O)OCCNc2ccccn2)C=CC=N1)NC(CC(=O)OC(=O)C(F)(F)F)c1ccc(-c2cccc(Cl)c2)cc1. The van der Waals surface area contributed by atoms with Gasteiger partial charge < -0.3 is 20.1 Å². The number of nitrogens with one attached hydrogen (secondary N) is 2. The van der Waals surface area contributed by atoms with Gasteiger partial charge in [0.05, 0.1) is 25.4 Å². The molecule has 2 N–H and O–H groups in total. The van der Waals surface area contributed by atoms with E-state index < -0.39 is 54.4 Å². The summed E-state index contributed by atoms with van der Waals surface area (Å²) in [5.74, 6) is -5.22. The van der Waals surface area contributed by atoms with Gasteiger partial charge in [0.1, 0.15) is 12.4 Å². The number of benzene rings is 2. The highest BCUT2D eigenvalue weighted by Crippen LogP contribution is 2.28. The first-order valence-electron chi connectivity index (χ1n) is 13.5. The lowest BCUT2D eigenvalue weighted by Crippen LogP contribution is -2.42. The summed E-state index contributed by atoms with van der Waals surface area (Å²) in [6.07, 6.45) is -0.986. The molecule has 1 aliphatic heterocycles. The lowest BCUT2D eigenvalue weighted by atomic mass is 9.95. The number of hydrogen-bond acceptors (Lipinski definition) is 9. The number of amides is 1. The molecule has 2 unspecified atom stereocenters. The summed E-state index contributed by atoms with van der Waals surface area (Å²) in [5.41, 5.74) is 0.105. The first-order valence-corrected chi connectivity index (χ1v) is 13.9. The molecule has 234 valence electrons. The van der Waals surface area contributed by atoms with Crippen LogP contribution in [0, 0.1) is 0 Å². The van der Waals surface area contributed by atoms with Crippen LogP contribution in [0.1, 0.15) is 24.4 Å². The van der Waals surface area contributed by atoms with Crippen LogP contribution in [0.3, 0.4) is 0 Å². The van der Waals surface area contributed by atoms with Crippen LogP contribution >= 0.6 is 11.6 Å². The summed E-state index contributed by atoms with van der Waals surface area (Å²) < 4.78 is 47.3. The zero-order valence-electron chi connectivity index (χ0n) is 23.4. The number of nitrogens with zero attached hydrogens (tertiary/aromatic N) is 2. The fourth-order valence-corrected chi connectivity index (χ4v) is 4.51. The number of esters is 3. The summed E-state index contributed by atoms with van der Waals surface area (Å²) in [5, 5.41) is 6.03. The van der Waals surface area contributed by atoms with Gasteiger partial charge in [-0.3, -0.25) is 14.6 Å². The van der Waals surface area contributed by atoms with Gasteiger partial charge in [-0.25, -0.2) is 14.6 Å². The number of ether oxygens (including phenoxy) is 2. The normalized spacial score (nSPS) is 16.1. The molecule has 4 rings (SSSR count). The lowest BCUT2D eigenvalue weighted by molar-refractivity contribution is -0.202. The third kappa shape index (κ3) is 9.22. The van der Waals surface area contributed by atoms with Crippen LogP contribution in [0.15, 0.2) is 90.1 Å². The number of halogens is 4. The number of carbonyl (C=O) groups is 4. The summed E-state index contributed by atoms with van der Waals surface area (Å²) in [6, 6.07) is 17.4. The van der Waals surface area contributed by atoms with Gasteiger partial charge in [-0.1, -0.05) is 54.1 Å². The maximum Gasteiger partial charge on any atom is 0.491 e. The maximum atomic E-state index is 13.2. The topological polar surface area (TPSA) is 136 Å². The number of rotatable bonds is 12. The van der Waals surface area contributed by atoms with Crippen molar-refractivity contribution in [2.45, 2.75) is 30.6 Å². The number of hydrogen-bond donors (Lipinski definition) is 2. The Morgan fingerprint density at radius 2 is 1.76 bits per heavy atom. The molecule has 3 aromatic rings. The Morgan fingerprint density at radius 1 is 0.978 bits per heavy atom. The first kappa shape index (κ1) is 32.9. The zero-order chi connectivity index (χ0) is 32.5. The summed E-state index contributed by atoms with van der Waals surface area (Å²) in [4.78, 5) is 58.0. The van der Waals surface area contributed by atoms with Crippen molar-refractivity contribution in [1.29, 1.82) is 0 Å². The monoisotopic (exact) mass is 642 g/mol. The van der Waals surface area contributed by atoms with Crippen LogP contribution in [-0.2, 0) is 28.7 Å². The number of aromatic nitrogens is 1. The molecule has 2 aromatic carbocycles. The lowest BCUT2D eigenvalue weighted by Gasteiger charge is -2.24. The fourth-order valence-electron chi connectivity index (χ4n) is 4.32. The van der Waals surface area contributed by atoms with Crippen molar-refractivity contribution in [3.63, 3.8) is 0 Å². The zero-order valence-corrected chi connectivity index (χ0v) is 24.2. The number of anilines is 1. The molecule has 2 heterocycles. The third-order valence-corrected chi connectivity index (χ3v) is 6.70. The van der Waals surface area contributed by atoms with Crippen LogP contribution in [0.25, 0.3) is 11.1 Å². The van der Waals surface area contributed by atoms with Crippen LogP contribution in [0.4, 0.5) is 19.0 Å². The smallest absolute Gasteiger partial charge is 0.462 e. The second kappa shape index (κ2) is 14.6. The number of allylic oxidation sites excluding steroid dienone is 1. The highest BCUT2D eigenvalue weighted by molar-refractivity contribution is 6.30.